The van der Waals surface area contributed by atoms with E-state index in [0.717, 1.165) is 35.4 Å². The van der Waals surface area contributed by atoms with Gasteiger partial charge in [0, 0.05) is 42.5 Å². The molecule has 0 aliphatic heterocycles. The van der Waals surface area contributed by atoms with Crippen LogP contribution < -0.4 is 15.8 Å². The summed E-state index contributed by atoms with van der Waals surface area (Å²) in [6.45, 7) is 6.24. The van der Waals surface area contributed by atoms with E-state index in [1.54, 1.807) is 0 Å². The van der Waals surface area contributed by atoms with Gasteiger partial charge in [0.15, 0.2) is 5.65 Å². The number of hydrogen-bond acceptors (Lipinski definition) is 4. The van der Waals surface area contributed by atoms with Crippen LogP contribution in [0.5, 0.6) is 0 Å². The van der Waals surface area contributed by atoms with Gasteiger partial charge in [0.1, 0.15) is 6.54 Å². The van der Waals surface area contributed by atoms with Crippen molar-refractivity contribution in [2.45, 2.75) is 20.4 Å². The highest BCUT2D eigenvalue weighted by Crippen LogP contribution is 2.21. The topological polar surface area (TPSA) is 71.6 Å². The number of para-hydroxylation sites is 2. The lowest BCUT2D eigenvalue weighted by Gasteiger charge is -2.23. The van der Waals surface area contributed by atoms with Crippen LogP contribution in [0.2, 0.25) is 0 Å². The fourth-order valence-corrected chi connectivity index (χ4v) is 3.85. The highest BCUT2D eigenvalue weighted by molar-refractivity contribution is 5.93. The van der Waals surface area contributed by atoms with Crippen molar-refractivity contribution in [2.75, 3.05) is 24.5 Å². The molecule has 4 aromatic rings. The van der Waals surface area contributed by atoms with Crippen LogP contribution in [0.4, 0.5) is 5.69 Å². The number of carbonyl (C=O) groups excluding carboxylic acids is 1. The monoisotopic (exact) mass is 403 g/mol. The molecule has 154 valence electrons. The van der Waals surface area contributed by atoms with Gasteiger partial charge in [-0.25, -0.2) is 4.52 Å². The summed E-state index contributed by atoms with van der Waals surface area (Å²) in [5, 5.41) is 3.87. The van der Waals surface area contributed by atoms with E-state index in [1.807, 2.05) is 58.6 Å². The van der Waals surface area contributed by atoms with Crippen molar-refractivity contribution < 1.29 is 4.79 Å². The van der Waals surface area contributed by atoms with Crippen LogP contribution in [0.15, 0.2) is 65.5 Å². The summed E-state index contributed by atoms with van der Waals surface area (Å²) in [6, 6.07) is 19.3. The Morgan fingerprint density at radius 2 is 1.83 bits per heavy atom. The Morgan fingerprint density at radius 1 is 1.10 bits per heavy atom. The summed E-state index contributed by atoms with van der Waals surface area (Å²) < 4.78 is 3.71. The van der Waals surface area contributed by atoms with E-state index in [2.05, 4.69) is 34.3 Å². The summed E-state index contributed by atoms with van der Waals surface area (Å²) in [5.41, 5.74) is 3.05. The Labute approximate surface area is 174 Å². The smallest absolute Gasteiger partial charge is 0.273 e. The molecule has 0 spiro atoms. The Bertz CT molecular complexity index is 1240. The highest BCUT2D eigenvalue weighted by Gasteiger charge is 2.15. The molecule has 0 atom stereocenters. The molecule has 2 aromatic carbocycles. The van der Waals surface area contributed by atoms with Crippen LogP contribution in [0.1, 0.15) is 12.6 Å². The fraction of sp³-hybridized carbons (Fsp3) is 0.261. The number of hydrogen-bond donors (Lipinski definition) is 1. The minimum atomic E-state index is -0.277. The maximum atomic E-state index is 12.7. The van der Waals surface area contributed by atoms with Gasteiger partial charge in [0.25, 0.3) is 5.56 Å². The molecule has 0 bridgehead atoms. The first kappa shape index (κ1) is 19.7. The van der Waals surface area contributed by atoms with E-state index < -0.39 is 0 Å². The second-order valence-corrected chi connectivity index (χ2v) is 7.21. The Morgan fingerprint density at radius 3 is 2.60 bits per heavy atom. The number of benzene rings is 2. The number of fused-ring (bicyclic) bond motifs is 3. The van der Waals surface area contributed by atoms with E-state index >= 15 is 0 Å². The summed E-state index contributed by atoms with van der Waals surface area (Å²) >= 11 is 0. The van der Waals surface area contributed by atoms with Gasteiger partial charge in [-0.15, -0.1) is 0 Å². The number of aryl methyl sites for hydroxylation is 1. The van der Waals surface area contributed by atoms with Gasteiger partial charge in [0.2, 0.25) is 5.91 Å². The van der Waals surface area contributed by atoms with Crippen LogP contribution in [-0.2, 0) is 11.3 Å². The second kappa shape index (κ2) is 8.41. The number of rotatable bonds is 7. The molecule has 2 aromatic heterocycles. The lowest BCUT2D eigenvalue weighted by Crippen LogP contribution is -2.36. The molecule has 4 rings (SSSR count). The van der Waals surface area contributed by atoms with E-state index in [1.165, 1.54) is 6.07 Å². The maximum absolute atomic E-state index is 12.7. The van der Waals surface area contributed by atoms with E-state index in [-0.39, 0.29) is 18.0 Å². The van der Waals surface area contributed by atoms with Crippen molar-refractivity contribution in [3.63, 3.8) is 0 Å². The molecule has 7 heteroatoms. The molecule has 30 heavy (non-hydrogen) atoms. The Hall–Kier alpha value is -3.61. The first-order chi connectivity index (χ1) is 14.6. The number of amides is 1. The lowest BCUT2D eigenvalue weighted by molar-refractivity contribution is -0.121. The normalized spacial score (nSPS) is 11.1. The molecular weight excluding hydrogens is 378 g/mol. The minimum Gasteiger partial charge on any atom is -0.370 e. The first-order valence-electron chi connectivity index (χ1n) is 10.1. The van der Waals surface area contributed by atoms with E-state index in [9.17, 15) is 9.59 Å². The number of likely N-dealkylation sites (N-methyl/N-ethyl adjacent to an activating group) is 1. The van der Waals surface area contributed by atoms with Crippen molar-refractivity contribution in [2.24, 2.45) is 0 Å². The molecule has 2 heterocycles. The standard InChI is InChI=1S/C23H25N5O2/c1-3-26(18-9-5-4-6-10-18)14-13-24-22(30)16-27-20-12-8-7-11-19(20)23-25-21(29)15-17(2)28(23)27/h4-12,15H,3,13-14,16H2,1-2H3,(H,24,30). The third kappa shape index (κ3) is 3.78. The molecule has 1 amide bonds. The molecule has 0 unspecified atom stereocenters. The zero-order valence-corrected chi connectivity index (χ0v) is 17.2. The Kier molecular flexibility index (Phi) is 5.52. The quantitative estimate of drug-likeness (QED) is 0.515. The summed E-state index contributed by atoms with van der Waals surface area (Å²) in [5.74, 6) is -0.0835. The third-order valence-corrected chi connectivity index (χ3v) is 5.25. The van der Waals surface area contributed by atoms with Crippen LogP contribution in [0.25, 0.3) is 16.6 Å². The average molecular weight is 403 g/mol. The minimum absolute atomic E-state index is 0.0835. The van der Waals surface area contributed by atoms with Crippen molar-refractivity contribution >= 4 is 28.1 Å². The summed E-state index contributed by atoms with van der Waals surface area (Å²) in [4.78, 5) is 31.0. The van der Waals surface area contributed by atoms with Crippen LogP contribution in [0.3, 0.4) is 0 Å². The average Bonchev–Trinajstić information content (AvgIpc) is 3.06. The molecule has 0 aliphatic rings. The number of carbonyl (C=O) groups is 1. The predicted molar refractivity (Wildman–Crippen MR) is 119 cm³/mol. The van der Waals surface area contributed by atoms with Crippen molar-refractivity contribution in [3.05, 3.63) is 76.7 Å². The predicted octanol–water partition coefficient (Wildman–Crippen LogP) is 2.60. The summed E-state index contributed by atoms with van der Waals surface area (Å²) in [6.07, 6.45) is 0. The number of nitrogens with zero attached hydrogens (tertiary/aromatic N) is 4. The molecule has 7 nitrogen and oxygen atoms in total. The lowest BCUT2D eigenvalue weighted by atomic mass is 10.2. The molecule has 0 radical (unpaired) electrons. The molecule has 0 saturated carbocycles. The van der Waals surface area contributed by atoms with Crippen molar-refractivity contribution in [1.82, 2.24) is 19.5 Å². The van der Waals surface area contributed by atoms with Gasteiger partial charge in [-0.1, -0.05) is 30.3 Å². The van der Waals surface area contributed by atoms with Gasteiger partial charge in [-0.3, -0.25) is 14.3 Å². The van der Waals surface area contributed by atoms with Gasteiger partial charge in [-0.2, -0.15) is 4.98 Å². The van der Waals surface area contributed by atoms with E-state index in [0.29, 0.717) is 12.2 Å². The number of nitrogens with one attached hydrogen (secondary N) is 1. The van der Waals surface area contributed by atoms with Gasteiger partial charge >= 0.3 is 0 Å². The Balaban J connectivity index is 1.52. The number of anilines is 1. The van der Waals surface area contributed by atoms with E-state index in [4.69, 9.17) is 0 Å². The SMILES string of the molecule is CCN(CCNC(=O)Cn1c2ccccc2c2nc(=O)cc(C)n21)c1ccccc1. The zero-order valence-electron chi connectivity index (χ0n) is 17.2. The first-order valence-corrected chi connectivity index (χ1v) is 10.1. The molecule has 0 saturated heterocycles. The number of aromatic nitrogens is 3. The zero-order chi connectivity index (χ0) is 21.1. The van der Waals surface area contributed by atoms with Crippen LogP contribution >= 0.6 is 0 Å². The van der Waals surface area contributed by atoms with Crippen molar-refractivity contribution in [1.29, 1.82) is 0 Å². The third-order valence-electron chi connectivity index (χ3n) is 5.25. The largest absolute Gasteiger partial charge is 0.370 e. The van der Waals surface area contributed by atoms with Gasteiger partial charge in [0.05, 0.1) is 5.52 Å². The van der Waals surface area contributed by atoms with Gasteiger partial charge in [-0.05, 0) is 38.1 Å². The molecule has 0 fully saturated rings. The summed E-state index contributed by atoms with van der Waals surface area (Å²) in [7, 11) is 0. The van der Waals surface area contributed by atoms with Crippen LogP contribution in [-0.4, -0.2) is 39.7 Å². The molecule has 0 aliphatic carbocycles. The maximum Gasteiger partial charge on any atom is 0.273 e. The van der Waals surface area contributed by atoms with Crippen molar-refractivity contribution in [3.8, 4) is 0 Å². The van der Waals surface area contributed by atoms with Crippen LogP contribution in [0, 0.1) is 6.92 Å². The second-order valence-electron chi connectivity index (χ2n) is 7.21. The fourth-order valence-electron chi connectivity index (χ4n) is 3.85. The highest BCUT2D eigenvalue weighted by atomic mass is 16.2. The van der Waals surface area contributed by atoms with Gasteiger partial charge < -0.3 is 10.2 Å². The molecular formula is C23H25N5O2. The molecule has 1 N–H and O–H groups in total.